The molecule has 0 aromatic rings. The van der Waals surface area contributed by atoms with Gasteiger partial charge in [-0.1, -0.05) is 210 Å². The summed E-state index contributed by atoms with van der Waals surface area (Å²) in [5.74, 6) is -1.52. The van der Waals surface area contributed by atoms with Gasteiger partial charge in [-0.25, -0.2) is 4.57 Å². The van der Waals surface area contributed by atoms with Crippen molar-refractivity contribution in [1.29, 1.82) is 0 Å². The number of ether oxygens (including phenoxy) is 3. The molecule has 2 N–H and O–H groups in total. The molecule has 0 amide bonds. The second-order valence-electron chi connectivity index (χ2n) is 18.7. The minimum atomic E-state index is -4.76. The van der Waals surface area contributed by atoms with Crippen molar-refractivity contribution in [2.24, 2.45) is 0 Å². The van der Waals surface area contributed by atoms with Gasteiger partial charge < -0.3 is 24.2 Å². The summed E-state index contributed by atoms with van der Waals surface area (Å²) in [6, 6.07) is 0. The van der Waals surface area contributed by atoms with Gasteiger partial charge in [0, 0.05) is 19.3 Å². The van der Waals surface area contributed by atoms with Gasteiger partial charge in [0.2, 0.25) is 0 Å². The molecule has 0 aliphatic rings. The number of carbonyl (C=O) groups excluding carboxylic acids is 3. The minimum Gasteiger partial charge on any atom is -0.462 e. The summed E-state index contributed by atoms with van der Waals surface area (Å²) < 4.78 is 39.4. The molecule has 0 spiro atoms. The van der Waals surface area contributed by atoms with Crippen molar-refractivity contribution >= 4 is 25.7 Å². The maximum Gasteiger partial charge on any atom is 0.472 e. The first-order chi connectivity index (χ1) is 34.2. The van der Waals surface area contributed by atoms with E-state index < -0.39 is 57.8 Å². The number of unbranched alkanes of at least 4 members (excludes halogenated alkanes) is 25. The second kappa shape index (κ2) is 52.5. The molecule has 0 aromatic carbocycles. The molecule has 0 radical (unpaired) electrons. The van der Waals surface area contributed by atoms with Crippen molar-refractivity contribution in [3.63, 3.8) is 0 Å². The van der Waals surface area contributed by atoms with Crippen molar-refractivity contribution in [2.45, 2.75) is 264 Å². The highest BCUT2D eigenvalue weighted by atomic mass is 31.2. The van der Waals surface area contributed by atoms with Crippen LogP contribution in [0.15, 0.2) is 60.8 Å². The minimum absolute atomic E-state index is 0.114. The quantitative estimate of drug-likeness (QED) is 0.0197. The summed E-state index contributed by atoms with van der Waals surface area (Å²) in [6.45, 7) is 4.47. The predicted molar refractivity (Wildman–Crippen MR) is 288 cm³/mol. The molecule has 0 aliphatic heterocycles. The molecule has 0 rings (SSSR count). The number of aliphatic hydroxyl groups is 1. The third-order valence-corrected chi connectivity index (χ3v) is 12.9. The Balaban J connectivity index is 4.76. The fourth-order valence-corrected chi connectivity index (χ4v) is 8.42. The smallest absolute Gasteiger partial charge is 0.462 e. The number of hydrogen-bond acceptors (Lipinski definition) is 10. The molecule has 3 unspecified atom stereocenters. The Morgan fingerprint density at radius 3 is 1.20 bits per heavy atom. The standard InChI is InChI=1S/C58H103O11P/c1-4-7-10-13-16-19-22-25-27-30-33-36-39-42-45-48-57(61)68-54(50-59)52-66-70(63,64)67-53-55(51-65-56(60)47-44-41-38-35-32-29-24-21-18-15-12-9-6-3)69-58(62)49-46-43-40-37-34-31-28-26-23-20-17-14-11-8-5-2/h8,11,17,20-21,24,26,28,34,37,54-55,59H,4-7,9-10,12-16,18-19,22-23,25,27,29-33,35-36,38-53H2,1-3H3,(H,63,64)/b11-8-,20-17-,24-21-,28-26-,37-34-. The van der Waals surface area contributed by atoms with Crippen molar-refractivity contribution in [3.8, 4) is 0 Å². The van der Waals surface area contributed by atoms with Gasteiger partial charge in [0.05, 0.1) is 19.8 Å². The Morgan fingerprint density at radius 2 is 0.743 bits per heavy atom. The fraction of sp³-hybridized carbons (Fsp3) is 0.776. The zero-order valence-corrected chi connectivity index (χ0v) is 45.6. The van der Waals surface area contributed by atoms with E-state index >= 15 is 0 Å². The van der Waals surface area contributed by atoms with Gasteiger partial charge in [-0.05, 0) is 83.5 Å². The van der Waals surface area contributed by atoms with E-state index in [1.54, 1.807) is 0 Å². The highest BCUT2D eigenvalue weighted by Gasteiger charge is 2.28. The lowest BCUT2D eigenvalue weighted by Gasteiger charge is -2.21. The Kier molecular flexibility index (Phi) is 50.4. The van der Waals surface area contributed by atoms with Crippen LogP contribution in [-0.4, -0.2) is 66.5 Å². The van der Waals surface area contributed by atoms with E-state index in [0.717, 1.165) is 96.3 Å². The molecule has 0 aliphatic carbocycles. The van der Waals surface area contributed by atoms with Crippen LogP contribution in [0.2, 0.25) is 0 Å². The molecule has 0 aromatic heterocycles. The number of rotatable bonds is 52. The van der Waals surface area contributed by atoms with Gasteiger partial charge >= 0.3 is 25.7 Å². The van der Waals surface area contributed by atoms with Crippen LogP contribution in [0, 0.1) is 0 Å². The Bertz CT molecular complexity index is 1410. The summed E-state index contributed by atoms with van der Waals surface area (Å²) >= 11 is 0. The third kappa shape index (κ3) is 50.1. The predicted octanol–water partition coefficient (Wildman–Crippen LogP) is 16.4. The van der Waals surface area contributed by atoms with Crippen molar-refractivity contribution in [1.82, 2.24) is 0 Å². The molecule has 406 valence electrons. The first kappa shape index (κ1) is 67.2. The normalized spacial score (nSPS) is 13.8. The van der Waals surface area contributed by atoms with Crippen molar-refractivity contribution in [2.75, 3.05) is 26.4 Å². The van der Waals surface area contributed by atoms with Crippen LogP contribution in [0.3, 0.4) is 0 Å². The Morgan fingerprint density at radius 1 is 0.414 bits per heavy atom. The van der Waals surface area contributed by atoms with Gasteiger partial charge in [0.15, 0.2) is 6.10 Å². The van der Waals surface area contributed by atoms with E-state index in [-0.39, 0.29) is 25.9 Å². The number of hydrogen-bond donors (Lipinski definition) is 2. The van der Waals surface area contributed by atoms with Gasteiger partial charge in [-0.15, -0.1) is 0 Å². The summed E-state index contributed by atoms with van der Waals surface area (Å²) in [4.78, 5) is 48.4. The summed E-state index contributed by atoms with van der Waals surface area (Å²) in [5.41, 5.74) is 0. The maximum absolute atomic E-state index is 12.9. The Labute approximate surface area is 427 Å². The number of allylic oxidation sites excluding steroid dienone is 10. The molecular formula is C58H103O11P. The van der Waals surface area contributed by atoms with E-state index in [1.165, 1.54) is 96.3 Å². The second-order valence-corrected chi connectivity index (χ2v) is 20.2. The molecule has 0 fully saturated rings. The monoisotopic (exact) mass is 1010 g/mol. The largest absolute Gasteiger partial charge is 0.472 e. The summed E-state index contributed by atoms with van der Waals surface area (Å²) in [7, 11) is -4.76. The highest BCUT2D eigenvalue weighted by Crippen LogP contribution is 2.43. The van der Waals surface area contributed by atoms with E-state index in [9.17, 15) is 28.9 Å². The highest BCUT2D eigenvalue weighted by molar-refractivity contribution is 7.47. The Hall–Kier alpha value is -2.82. The number of esters is 3. The average Bonchev–Trinajstić information content (AvgIpc) is 3.35. The van der Waals surface area contributed by atoms with Crippen LogP contribution in [0.25, 0.3) is 0 Å². The summed E-state index contributed by atoms with van der Waals surface area (Å²) in [6.07, 6.45) is 56.1. The lowest BCUT2D eigenvalue weighted by molar-refractivity contribution is -0.161. The summed E-state index contributed by atoms with van der Waals surface area (Å²) in [5, 5.41) is 9.80. The number of carbonyl (C=O) groups is 3. The zero-order chi connectivity index (χ0) is 51.3. The molecular weight excluding hydrogens is 904 g/mol. The van der Waals surface area contributed by atoms with Crippen LogP contribution in [0.1, 0.15) is 252 Å². The van der Waals surface area contributed by atoms with Crippen molar-refractivity contribution in [3.05, 3.63) is 60.8 Å². The van der Waals surface area contributed by atoms with Gasteiger partial charge in [0.1, 0.15) is 12.7 Å². The van der Waals surface area contributed by atoms with Gasteiger partial charge in [0.25, 0.3) is 0 Å². The fourth-order valence-electron chi connectivity index (χ4n) is 7.64. The lowest BCUT2D eigenvalue weighted by Crippen LogP contribution is -2.30. The molecule has 70 heavy (non-hydrogen) atoms. The topological polar surface area (TPSA) is 155 Å². The number of phosphoric acid groups is 1. The van der Waals surface area contributed by atoms with E-state index in [4.69, 9.17) is 23.3 Å². The van der Waals surface area contributed by atoms with Crippen LogP contribution in [-0.2, 0) is 42.2 Å². The third-order valence-electron chi connectivity index (χ3n) is 11.9. The van der Waals surface area contributed by atoms with E-state index in [1.807, 2.05) is 0 Å². The van der Waals surface area contributed by atoms with Crippen LogP contribution in [0.5, 0.6) is 0 Å². The lowest BCUT2D eigenvalue weighted by atomic mass is 10.0. The van der Waals surface area contributed by atoms with E-state index in [2.05, 4.69) is 81.5 Å². The SMILES string of the molecule is CC/C=C\C/C=C\C/C=C\C/C=C\CCCCC(=O)OC(COC(=O)CCCCCCC/C=C\CCCCCC)COP(=O)(O)OCC(CO)OC(=O)CCCCCCCCCCCCCCCCC. The van der Waals surface area contributed by atoms with Crippen LogP contribution >= 0.6 is 7.82 Å². The average molecular weight is 1010 g/mol. The zero-order valence-electron chi connectivity index (χ0n) is 44.7. The van der Waals surface area contributed by atoms with Gasteiger partial charge in [-0.2, -0.15) is 0 Å². The van der Waals surface area contributed by atoms with E-state index in [0.29, 0.717) is 19.3 Å². The number of aliphatic hydroxyl groups excluding tert-OH is 1. The molecule has 3 atom stereocenters. The molecule has 0 saturated heterocycles. The molecule has 0 heterocycles. The van der Waals surface area contributed by atoms with Crippen LogP contribution in [0.4, 0.5) is 0 Å². The molecule has 12 heteroatoms. The van der Waals surface area contributed by atoms with Gasteiger partial charge in [-0.3, -0.25) is 23.4 Å². The van der Waals surface area contributed by atoms with Crippen molar-refractivity contribution < 1.29 is 52.2 Å². The first-order valence-corrected chi connectivity index (χ1v) is 29.7. The first-order valence-electron chi connectivity index (χ1n) is 28.2. The molecule has 11 nitrogen and oxygen atoms in total. The maximum atomic E-state index is 12.9. The van der Waals surface area contributed by atoms with Crippen LogP contribution < -0.4 is 0 Å². The molecule has 0 bridgehead atoms. The molecule has 0 saturated carbocycles. The number of phosphoric ester groups is 1.